The number of hydrogen-bond acceptors (Lipinski definition) is 5. The highest BCUT2D eigenvalue weighted by molar-refractivity contribution is 7.10. The number of hydrogen-bond donors (Lipinski definition) is 1. The normalized spacial score (nSPS) is 11.5. The van der Waals surface area contributed by atoms with E-state index in [1.807, 2.05) is 54.8 Å². The average molecular weight is 349 g/mol. The van der Waals surface area contributed by atoms with Crippen LogP contribution in [0.3, 0.4) is 0 Å². The Morgan fingerprint density at radius 1 is 1.20 bits per heavy atom. The van der Waals surface area contributed by atoms with Crippen LogP contribution >= 0.6 is 11.3 Å². The van der Waals surface area contributed by atoms with Crippen LogP contribution in [0.5, 0.6) is 0 Å². The van der Waals surface area contributed by atoms with Gasteiger partial charge in [0.05, 0.1) is 22.2 Å². The maximum absolute atomic E-state index is 10.9. The number of nitro groups is 1. The summed E-state index contributed by atoms with van der Waals surface area (Å²) < 4.78 is 0. The zero-order valence-electron chi connectivity index (χ0n) is 13.5. The second kappa shape index (κ2) is 7.16. The molecule has 0 radical (unpaired) electrons. The van der Waals surface area contributed by atoms with Crippen molar-refractivity contribution in [2.45, 2.75) is 13.0 Å². The van der Waals surface area contributed by atoms with Gasteiger partial charge in [-0.3, -0.25) is 10.1 Å². The monoisotopic (exact) mass is 349 g/mol. The number of rotatable bonds is 5. The Bertz CT molecular complexity index is 928. The number of nitro benzene ring substituents is 1. The fourth-order valence-electron chi connectivity index (χ4n) is 2.55. The average Bonchev–Trinajstić information content (AvgIpc) is 3.14. The van der Waals surface area contributed by atoms with Gasteiger partial charge in [0.25, 0.3) is 5.69 Å². The van der Waals surface area contributed by atoms with E-state index in [-0.39, 0.29) is 17.3 Å². The highest BCUT2D eigenvalue weighted by Gasteiger charge is 2.18. The van der Waals surface area contributed by atoms with E-state index < -0.39 is 4.92 Å². The molecule has 5 nitrogen and oxygen atoms in total. The standard InChI is InChI=1S/C19H15N3O2S/c1-13-4-6-14(7-5-13)19(18-3-2-10-25-18)21-17-9-8-16(22(23)24)11-15(17)12-20/h2-11,19,21H,1H3/t19-/m1/s1. The van der Waals surface area contributed by atoms with Gasteiger partial charge in [-0.05, 0) is 30.0 Å². The van der Waals surface area contributed by atoms with Gasteiger partial charge in [-0.1, -0.05) is 35.9 Å². The van der Waals surface area contributed by atoms with E-state index in [4.69, 9.17) is 0 Å². The zero-order valence-corrected chi connectivity index (χ0v) is 14.3. The van der Waals surface area contributed by atoms with Crippen molar-refractivity contribution < 1.29 is 4.92 Å². The predicted molar refractivity (Wildman–Crippen MR) is 98.8 cm³/mol. The molecular weight excluding hydrogens is 334 g/mol. The van der Waals surface area contributed by atoms with Crippen molar-refractivity contribution in [2.75, 3.05) is 5.32 Å². The molecule has 0 aliphatic rings. The van der Waals surface area contributed by atoms with Crippen molar-refractivity contribution in [1.29, 1.82) is 5.26 Å². The summed E-state index contributed by atoms with van der Waals surface area (Å²) in [5, 5.41) is 25.7. The van der Waals surface area contributed by atoms with Gasteiger partial charge in [-0.25, -0.2) is 0 Å². The summed E-state index contributed by atoms with van der Waals surface area (Å²) >= 11 is 1.62. The molecule has 3 rings (SSSR count). The summed E-state index contributed by atoms with van der Waals surface area (Å²) in [6.45, 7) is 2.03. The molecule has 0 saturated heterocycles. The largest absolute Gasteiger partial charge is 0.372 e. The second-order valence-corrected chi connectivity index (χ2v) is 6.58. The Labute approximate surface area is 149 Å². The van der Waals surface area contributed by atoms with Crippen LogP contribution < -0.4 is 5.32 Å². The van der Waals surface area contributed by atoms with Crippen molar-refractivity contribution in [3.05, 3.63) is 91.7 Å². The van der Waals surface area contributed by atoms with Crippen molar-refractivity contribution in [2.24, 2.45) is 0 Å². The number of non-ortho nitro benzene ring substituents is 1. The van der Waals surface area contributed by atoms with Crippen LogP contribution in [0.15, 0.2) is 60.0 Å². The van der Waals surface area contributed by atoms with Gasteiger partial charge >= 0.3 is 0 Å². The third-order valence-corrected chi connectivity index (χ3v) is 4.81. The fraction of sp³-hybridized carbons (Fsp3) is 0.105. The minimum absolute atomic E-state index is 0.0925. The summed E-state index contributed by atoms with van der Waals surface area (Å²) in [7, 11) is 0. The van der Waals surface area contributed by atoms with Gasteiger partial charge in [0.2, 0.25) is 0 Å². The molecule has 1 heterocycles. The molecule has 0 amide bonds. The van der Waals surface area contributed by atoms with Gasteiger partial charge in [0.1, 0.15) is 6.07 Å². The molecule has 3 aromatic rings. The van der Waals surface area contributed by atoms with Crippen LogP contribution in [0.4, 0.5) is 11.4 Å². The van der Waals surface area contributed by atoms with Gasteiger partial charge < -0.3 is 5.32 Å². The Hall–Kier alpha value is -3.17. The first-order valence-electron chi connectivity index (χ1n) is 7.63. The predicted octanol–water partition coefficient (Wildman–Crippen LogP) is 5.04. The molecule has 0 bridgehead atoms. The van der Waals surface area contributed by atoms with E-state index in [1.165, 1.54) is 17.7 Å². The lowest BCUT2D eigenvalue weighted by atomic mass is 10.0. The topological polar surface area (TPSA) is 79.0 Å². The van der Waals surface area contributed by atoms with Crippen LogP contribution in [0, 0.1) is 28.4 Å². The molecule has 0 unspecified atom stereocenters. The fourth-order valence-corrected chi connectivity index (χ4v) is 3.36. The lowest BCUT2D eigenvalue weighted by Crippen LogP contribution is -2.12. The van der Waals surface area contributed by atoms with Gasteiger partial charge in [-0.2, -0.15) is 5.26 Å². The van der Waals surface area contributed by atoms with E-state index in [9.17, 15) is 15.4 Å². The van der Waals surface area contributed by atoms with Gasteiger partial charge in [0.15, 0.2) is 0 Å². The molecule has 0 spiro atoms. The number of aryl methyl sites for hydroxylation is 1. The maximum atomic E-state index is 10.9. The molecule has 0 aliphatic carbocycles. The van der Waals surface area contributed by atoms with Crippen LogP contribution in [0.2, 0.25) is 0 Å². The third-order valence-electron chi connectivity index (χ3n) is 3.87. The Morgan fingerprint density at radius 2 is 1.96 bits per heavy atom. The number of benzene rings is 2. The van der Waals surface area contributed by atoms with Crippen molar-refractivity contribution in [1.82, 2.24) is 0 Å². The summed E-state index contributed by atoms with van der Waals surface area (Å²) in [5.74, 6) is 0. The Kier molecular flexibility index (Phi) is 4.78. The highest BCUT2D eigenvalue weighted by Crippen LogP contribution is 2.32. The molecule has 6 heteroatoms. The van der Waals surface area contributed by atoms with E-state index in [0.29, 0.717) is 5.69 Å². The van der Waals surface area contributed by atoms with E-state index in [0.717, 1.165) is 10.4 Å². The van der Waals surface area contributed by atoms with Crippen molar-refractivity contribution in [3.8, 4) is 6.07 Å². The summed E-state index contributed by atoms with van der Waals surface area (Å²) in [6, 6.07) is 18.4. The van der Waals surface area contributed by atoms with Crippen LogP contribution in [-0.4, -0.2) is 4.92 Å². The molecule has 124 valence electrons. The minimum Gasteiger partial charge on any atom is -0.372 e. The summed E-state index contributed by atoms with van der Waals surface area (Å²) in [4.78, 5) is 11.5. The first-order valence-corrected chi connectivity index (χ1v) is 8.51. The molecular formula is C19H15N3O2S. The molecule has 25 heavy (non-hydrogen) atoms. The molecule has 0 saturated carbocycles. The van der Waals surface area contributed by atoms with Gasteiger partial charge in [0, 0.05) is 17.0 Å². The summed E-state index contributed by atoms with van der Waals surface area (Å²) in [6.07, 6.45) is 0. The lowest BCUT2D eigenvalue weighted by molar-refractivity contribution is -0.384. The zero-order chi connectivity index (χ0) is 17.8. The van der Waals surface area contributed by atoms with E-state index >= 15 is 0 Å². The van der Waals surface area contributed by atoms with E-state index in [1.54, 1.807) is 17.4 Å². The lowest BCUT2D eigenvalue weighted by Gasteiger charge is -2.20. The van der Waals surface area contributed by atoms with Crippen LogP contribution in [0.25, 0.3) is 0 Å². The Balaban J connectivity index is 2.00. The van der Waals surface area contributed by atoms with Crippen molar-refractivity contribution in [3.63, 3.8) is 0 Å². The van der Waals surface area contributed by atoms with Crippen LogP contribution in [0.1, 0.15) is 27.6 Å². The summed E-state index contributed by atoms with van der Waals surface area (Å²) in [5.41, 5.74) is 2.97. The third kappa shape index (κ3) is 3.67. The smallest absolute Gasteiger partial charge is 0.270 e. The SMILES string of the molecule is Cc1ccc([C@@H](Nc2ccc([N+](=O)[O-])cc2C#N)c2cccs2)cc1. The number of thiophene rings is 1. The van der Waals surface area contributed by atoms with Crippen LogP contribution in [-0.2, 0) is 0 Å². The Morgan fingerprint density at radius 3 is 2.56 bits per heavy atom. The number of nitriles is 1. The first-order chi connectivity index (χ1) is 12.1. The number of nitrogens with zero attached hydrogens (tertiary/aromatic N) is 2. The van der Waals surface area contributed by atoms with Gasteiger partial charge in [-0.15, -0.1) is 11.3 Å². The van der Waals surface area contributed by atoms with E-state index in [2.05, 4.69) is 5.32 Å². The highest BCUT2D eigenvalue weighted by atomic mass is 32.1. The number of anilines is 1. The minimum atomic E-state index is -0.499. The quantitative estimate of drug-likeness (QED) is 0.517. The molecule has 1 aromatic heterocycles. The molecule has 0 aliphatic heterocycles. The molecule has 2 aromatic carbocycles. The maximum Gasteiger partial charge on any atom is 0.270 e. The van der Waals surface area contributed by atoms with Crippen molar-refractivity contribution >= 4 is 22.7 Å². The molecule has 0 fully saturated rings. The molecule has 1 N–H and O–H groups in total. The second-order valence-electron chi connectivity index (χ2n) is 5.60. The number of nitrogens with one attached hydrogen (secondary N) is 1. The first kappa shape index (κ1) is 16.7. The molecule has 1 atom stereocenters.